The van der Waals surface area contributed by atoms with E-state index in [1.54, 1.807) is 0 Å². The number of nitrogens with two attached hydrogens (primary N) is 1. The van der Waals surface area contributed by atoms with Gasteiger partial charge in [-0.05, 0) is 37.0 Å². The molecule has 1 heterocycles. The highest BCUT2D eigenvalue weighted by molar-refractivity contribution is 9.10. The second-order valence-electron chi connectivity index (χ2n) is 4.96. The van der Waals surface area contributed by atoms with Gasteiger partial charge in [-0.3, -0.25) is 4.79 Å². The van der Waals surface area contributed by atoms with Gasteiger partial charge in [-0.15, -0.1) is 12.4 Å². The molecular weight excluding hydrogens is 328 g/mol. The van der Waals surface area contributed by atoms with Crippen molar-refractivity contribution in [1.29, 1.82) is 0 Å². The minimum absolute atomic E-state index is 0. The Labute approximate surface area is 129 Å². The molecule has 0 fully saturated rings. The maximum atomic E-state index is 12.1. The van der Waals surface area contributed by atoms with Crippen LogP contribution in [0.3, 0.4) is 0 Å². The molecule has 1 amide bonds. The van der Waals surface area contributed by atoms with E-state index in [9.17, 15) is 4.79 Å². The minimum atomic E-state index is 0. The van der Waals surface area contributed by atoms with Crippen LogP contribution in [0.15, 0.2) is 22.7 Å². The zero-order valence-electron chi connectivity index (χ0n) is 11.1. The van der Waals surface area contributed by atoms with Crippen LogP contribution in [0, 0.1) is 0 Å². The molecule has 0 bridgehead atoms. The molecule has 2 rings (SSSR count). The van der Waals surface area contributed by atoms with Crippen molar-refractivity contribution in [3.8, 4) is 0 Å². The lowest BCUT2D eigenvalue weighted by molar-refractivity contribution is -0.132. The van der Waals surface area contributed by atoms with E-state index >= 15 is 0 Å². The largest absolute Gasteiger partial charge is 0.338 e. The van der Waals surface area contributed by atoms with Crippen LogP contribution in [0.4, 0.5) is 0 Å². The molecule has 0 spiro atoms. The second-order valence-corrected chi connectivity index (χ2v) is 5.81. The first-order valence-corrected chi connectivity index (χ1v) is 7.17. The molecule has 1 unspecified atom stereocenters. The highest BCUT2D eigenvalue weighted by Gasteiger charge is 2.21. The topological polar surface area (TPSA) is 46.3 Å². The summed E-state index contributed by atoms with van der Waals surface area (Å²) >= 11 is 3.56. The van der Waals surface area contributed by atoms with Crippen LogP contribution in [0.1, 0.15) is 30.9 Å². The van der Waals surface area contributed by atoms with E-state index in [0.29, 0.717) is 13.0 Å². The number of rotatable bonds is 3. The number of hydrogen-bond donors (Lipinski definition) is 1. The zero-order chi connectivity index (χ0) is 13.1. The summed E-state index contributed by atoms with van der Waals surface area (Å²) in [5, 5.41) is 0. The van der Waals surface area contributed by atoms with Gasteiger partial charge in [0.25, 0.3) is 0 Å². The number of carbonyl (C=O) groups excluding carboxylic acids is 1. The Morgan fingerprint density at radius 2 is 2.26 bits per heavy atom. The molecule has 1 atom stereocenters. The maximum Gasteiger partial charge on any atom is 0.222 e. The molecule has 1 aliphatic heterocycles. The minimum Gasteiger partial charge on any atom is -0.338 e. The van der Waals surface area contributed by atoms with Crippen LogP contribution >= 0.6 is 28.3 Å². The van der Waals surface area contributed by atoms with Crippen molar-refractivity contribution in [2.24, 2.45) is 5.73 Å². The summed E-state index contributed by atoms with van der Waals surface area (Å²) in [7, 11) is 0. The van der Waals surface area contributed by atoms with Crippen LogP contribution in [0.5, 0.6) is 0 Å². The summed E-state index contributed by atoms with van der Waals surface area (Å²) in [6, 6.07) is 6.33. The average Bonchev–Trinajstić information content (AvgIpc) is 2.36. The SMILES string of the molecule is CC(N)CCC(=O)N1CCc2cccc(Br)c2C1.Cl. The average molecular weight is 348 g/mol. The molecule has 19 heavy (non-hydrogen) atoms. The summed E-state index contributed by atoms with van der Waals surface area (Å²) in [6.07, 6.45) is 2.26. The second kappa shape index (κ2) is 7.27. The Hall–Kier alpha value is -0.580. The summed E-state index contributed by atoms with van der Waals surface area (Å²) < 4.78 is 1.10. The predicted octanol–water partition coefficient (Wildman–Crippen LogP) is 2.88. The smallest absolute Gasteiger partial charge is 0.222 e. The highest BCUT2D eigenvalue weighted by Crippen LogP contribution is 2.26. The number of carbonyl (C=O) groups is 1. The predicted molar refractivity (Wildman–Crippen MR) is 83.4 cm³/mol. The van der Waals surface area contributed by atoms with E-state index in [-0.39, 0.29) is 24.4 Å². The Kier molecular flexibility index (Phi) is 6.30. The van der Waals surface area contributed by atoms with Crippen LogP contribution in [-0.2, 0) is 17.8 Å². The highest BCUT2D eigenvalue weighted by atomic mass is 79.9. The Bertz CT molecular complexity index is 451. The van der Waals surface area contributed by atoms with Crippen molar-refractivity contribution >= 4 is 34.2 Å². The molecule has 1 aromatic carbocycles. The normalized spacial score (nSPS) is 15.4. The Balaban J connectivity index is 0.00000180. The molecule has 106 valence electrons. The Morgan fingerprint density at radius 3 is 2.95 bits per heavy atom. The first-order chi connectivity index (χ1) is 8.58. The first kappa shape index (κ1) is 16.5. The summed E-state index contributed by atoms with van der Waals surface area (Å²) in [5.74, 6) is 0.216. The van der Waals surface area contributed by atoms with Gasteiger partial charge in [0.2, 0.25) is 5.91 Å². The van der Waals surface area contributed by atoms with Gasteiger partial charge in [0.05, 0.1) is 0 Å². The maximum absolute atomic E-state index is 12.1. The van der Waals surface area contributed by atoms with Gasteiger partial charge in [-0.1, -0.05) is 28.1 Å². The van der Waals surface area contributed by atoms with Crippen LogP contribution in [0.25, 0.3) is 0 Å². The lowest BCUT2D eigenvalue weighted by Crippen LogP contribution is -2.36. The monoisotopic (exact) mass is 346 g/mol. The van der Waals surface area contributed by atoms with Crippen molar-refractivity contribution < 1.29 is 4.79 Å². The van der Waals surface area contributed by atoms with Crippen molar-refractivity contribution in [1.82, 2.24) is 4.90 Å². The Morgan fingerprint density at radius 1 is 1.53 bits per heavy atom. The third-order valence-corrected chi connectivity index (χ3v) is 4.13. The molecule has 0 saturated heterocycles. The lowest BCUT2D eigenvalue weighted by Gasteiger charge is -2.29. The van der Waals surface area contributed by atoms with Crippen molar-refractivity contribution in [3.63, 3.8) is 0 Å². The van der Waals surface area contributed by atoms with Gasteiger partial charge >= 0.3 is 0 Å². The standard InChI is InChI=1S/C14H19BrN2O.ClH/c1-10(16)5-6-14(18)17-8-7-11-3-2-4-13(15)12(11)9-17;/h2-4,10H,5-9,16H2,1H3;1H. The van der Waals surface area contributed by atoms with Crippen LogP contribution in [0.2, 0.25) is 0 Å². The molecule has 0 saturated carbocycles. The van der Waals surface area contributed by atoms with E-state index in [0.717, 1.165) is 23.9 Å². The summed E-state index contributed by atoms with van der Waals surface area (Å²) in [5.41, 5.74) is 8.29. The van der Waals surface area contributed by atoms with Crippen molar-refractivity contribution in [3.05, 3.63) is 33.8 Å². The molecular formula is C14H20BrClN2O. The molecule has 0 aromatic heterocycles. The first-order valence-electron chi connectivity index (χ1n) is 6.37. The fraction of sp³-hybridized carbons (Fsp3) is 0.500. The molecule has 2 N–H and O–H groups in total. The van der Waals surface area contributed by atoms with Gasteiger partial charge in [0.15, 0.2) is 0 Å². The van der Waals surface area contributed by atoms with Gasteiger partial charge < -0.3 is 10.6 Å². The third kappa shape index (κ3) is 4.20. The molecule has 1 aliphatic rings. The third-order valence-electron chi connectivity index (χ3n) is 3.38. The van der Waals surface area contributed by atoms with Crippen LogP contribution < -0.4 is 5.73 Å². The zero-order valence-corrected chi connectivity index (χ0v) is 13.5. The number of hydrogen-bond acceptors (Lipinski definition) is 2. The summed E-state index contributed by atoms with van der Waals surface area (Å²) in [4.78, 5) is 14.0. The summed E-state index contributed by atoms with van der Waals surface area (Å²) in [6.45, 7) is 3.48. The number of benzene rings is 1. The van der Waals surface area contributed by atoms with E-state index < -0.39 is 0 Å². The number of nitrogens with zero attached hydrogens (tertiary/aromatic N) is 1. The lowest BCUT2D eigenvalue weighted by atomic mass is 9.99. The van der Waals surface area contributed by atoms with Gasteiger partial charge in [-0.25, -0.2) is 0 Å². The van der Waals surface area contributed by atoms with E-state index in [1.807, 2.05) is 17.9 Å². The molecule has 5 heteroatoms. The number of amides is 1. The number of halogens is 2. The number of fused-ring (bicyclic) bond motifs is 1. The van der Waals surface area contributed by atoms with Gasteiger partial charge in [0, 0.05) is 30.0 Å². The molecule has 3 nitrogen and oxygen atoms in total. The molecule has 0 aliphatic carbocycles. The molecule has 1 aromatic rings. The quantitative estimate of drug-likeness (QED) is 0.914. The van der Waals surface area contributed by atoms with Crippen LogP contribution in [-0.4, -0.2) is 23.4 Å². The van der Waals surface area contributed by atoms with E-state index in [1.165, 1.54) is 11.1 Å². The fourth-order valence-electron chi connectivity index (χ4n) is 2.26. The van der Waals surface area contributed by atoms with Gasteiger partial charge in [0.1, 0.15) is 0 Å². The van der Waals surface area contributed by atoms with Gasteiger partial charge in [-0.2, -0.15) is 0 Å². The van der Waals surface area contributed by atoms with Crippen molar-refractivity contribution in [2.45, 2.75) is 38.8 Å². The van der Waals surface area contributed by atoms with E-state index in [4.69, 9.17) is 5.73 Å². The van der Waals surface area contributed by atoms with E-state index in [2.05, 4.69) is 28.1 Å². The fourth-order valence-corrected chi connectivity index (χ4v) is 2.79. The van der Waals surface area contributed by atoms with Crippen molar-refractivity contribution in [2.75, 3.05) is 6.54 Å². The molecule has 0 radical (unpaired) electrons.